The summed E-state index contributed by atoms with van der Waals surface area (Å²) in [6.07, 6.45) is 11.7. The van der Waals surface area contributed by atoms with Gasteiger partial charge in [0.1, 0.15) is 5.82 Å². The van der Waals surface area contributed by atoms with Crippen molar-refractivity contribution in [2.24, 2.45) is 5.92 Å². The van der Waals surface area contributed by atoms with E-state index in [1.54, 1.807) is 30.3 Å². The van der Waals surface area contributed by atoms with Crippen molar-refractivity contribution in [2.75, 3.05) is 0 Å². The van der Waals surface area contributed by atoms with E-state index in [1.807, 2.05) is 31.2 Å². The molecule has 0 saturated carbocycles. The molecule has 0 aromatic heterocycles. The first kappa shape index (κ1) is 25.3. The molecule has 0 heterocycles. The molecule has 0 spiro atoms. The second-order valence-electron chi connectivity index (χ2n) is 9.79. The molecule has 0 aliphatic heterocycles. The molecule has 1 aliphatic rings. The van der Waals surface area contributed by atoms with Gasteiger partial charge in [0.25, 0.3) is 0 Å². The number of hydrogen-bond acceptors (Lipinski definition) is 0. The molecule has 3 heteroatoms. The predicted octanol–water partition coefficient (Wildman–Crippen LogP) is 10.2. The SMILES string of the molecule is CCCCCC1CC=C(c2ccc(-c3ccc(-c4ccc(CCC)c(F)c4F)cc3)cc2F)CC1. The number of aryl methyl sites for hydroxylation is 1. The van der Waals surface area contributed by atoms with Gasteiger partial charge in [0, 0.05) is 11.1 Å². The maximum Gasteiger partial charge on any atom is 0.166 e. The predicted molar refractivity (Wildman–Crippen MR) is 141 cm³/mol. The Morgan fingerprint density at radius 1 is 0.743 bits per heavy atom. The second kappa shape index (κ2) is 11.7. The molecule has 1 atom stereocenters. The summed E-state index contributed by atoms with van der Waals surface area (Å²) in [7, 11) is 0. The van der Waals surface area contributed by atoms with E-state index in [-0.39, 0.29) is 11.4 Å². The van der Waals surface area contributed by atoms with Crippen molar-refractivity contribution >= 4 is 5.57 Å². The fourth-order valence-electron chi connectivity index (χ4n) is 5.15. The molecule has 35 heavy (non-hydrogen) atoms. The molecule has 3 aromatic carbocycles. The Balaban J connectivity index is 1.48. The van der Waals surface area contributed by atoms with Gasteiger partial charge in [0.15, 0.2) is 11.6 Å². The molecule has 1 unspecified atom stereocenters. The average molecular weight is 477 g/mol. The fraction of sp³-hybridized carbons (Fsp3) is 0.375. The topological polar surface area (TPSA) is 0 Å². The van der Waals surface area contributed by atoms with Crippen molar-refractivity contribution in [2.45, 2.75) is 71.6 Å². The van der Waals surface area contributed by atoms with E-state index < -0.39 is 11.6 Å². The molecule has 0 bridgehead atoms. The maximum atomic E-state index is 15.1. The van der Waals surface area contributed by atoms with Crippen LogP contribution in [0.3, 0.4) is 0 Å². The van der Waals surface area contributed by atoms with E-state index in [0.717, 1.165) is 48.3 Å². The lowest BCUT2D eigenvalue weighted by Gasteiger charge is -2.22. The van der Waals surface area contributed by atoms with E-state index in [4.69, 9.17) is 0 Å². The van der Waals surface area contributed by atoms with Gasteiger partial charge in [-0.15, -0.1) is 0 Å². The maximum absolute atomic E-state index is 15.1. The number of unbranched alkanes of at least 4 members (excludes halogenated alkanes) is 2. The van der Waals surface area contributed by atoms with Crippen LogP contribution >= 0.6 is 0 Å². The van der Waals surface area contributed by atoms with Gasteiger partial charge in [-0.2, -0.15) is 0 Å². The van der Waals surface area contributed by atoms with E-state index >= 15 is 4.39 Å². The lowest BCUT2D eigenvalue weighted by atomic mass is 9.83. The van der Waals surface area contributed by atoms with Gasteiger partial charge in [-0.05, 0) is 65.5 Å². The summed E-state index contributed by atoms with van der Waals surface area (Å²) in [6, 6.07) is 15.9. The molecule has 184 valence electrons. The molecule has 0 saturated heterocycles. The normalized spacial score (nSPS) is 15.8. The third-order valence-electron chi connectivity index (χ3n) is 7.26. The molecule has 4 rings (SSSR count). The first-order chi connectivity index (χ1) is 17.0. The van der Waals surface area contributed by atoms with Crippen LogP contribution < -0.4 is 0 Å². The third kappa shape index (κ3) is 5.89. The quantitative estimate of drug-likeness (QED) is 0.269. The number of hydrogen-bond donors (Lipinski definition) is 0. The van der Waals surface area contributed by atoms with Crippen molar-refractivity contribution in [1.29, 1.82) is 0 Å². The zero-order chi connectivity index (χ0) is 24.8. The van der Waals surface area contributed by atoms with Gasteiger partial charge >= 0.3 is 0 Å². The number of allylic oxidation sites excluding steroid dienone is 2. The summed E-state index contributed by atoms with van der Waals surface area (Å²) in [6.45, 7) is 4.17. The molecule has 0 N–H and O–H groups in total. The minimum absolute atomic E-state index is 0.207. The molecule has 0 nitrogen and oxygen atoms in total. The van der Waals surface area contributed by atoms with Crippen LogP contribution in [-0.2, 0) is 6.42 Å². The Morgan fingerprint density at radius 2 is 1.46 bits per heavy atom. The number of rotatable bonds is 9. The van der Waals surface area contributed by atoms with Crippen LogP contribution in [0.5, 0.6) is 0 Å². The second-order valence-corrected chi connectivity index (χ2v) is 9.79. The summed E-state index contributed by atoms with van der Waals surface area (Å²) in [5.41, 5.74) is 4.68. The largest absolute Gasteiger partial charge is 0.206 e. The standard InChI is InChI=1S/C32H35F3/c1-3-5-6-8-22-9-11-24(12-10-22)28-19-18-27(21-30(28)33)23-13-15-25(16-14-23)29-20-17-26(7-4-2)31(34)32(29)35/h11,13-22H,3-10,12H2,1-2H3. The van der Waals surface area contributed by atoms with Crippen molar-refractivity contribution < 1.29 is 13.2 Å². The van der Waals surface area contributed by atoms with Crippen LogP contribution in [0.25, 0.3) is 27.8 Å². The van der Waals surface area contributed by atoms with Gasteiger partial charge in [-0.3, -0.25) is 0 Å². The summed E-state index contributed by atoms with van der Waals surface area (Å²) in [5, 5.41) is 0. The number of halogens is 3. The highest BCUT2D eigenvalue weighted by molar-refractivity contribution is 5.74. The third-order valence-corrected chi connectivity index (χ3v) is 7.26. The lowest BCUT2D eigenvalue weighted by Crippen LogP contribution is -2.06. The minimum atomic E-state index is -0.813. The van der Waals surface area contributed by atoms with E-state index in [0.29, 0.717) is 23.1 Å². The molecular formula is C32H35F3. The Kier molecular flexibility index (Phi) is 8.49. The summed E-state index contributed by atoms with van der Waals surface area (Å²) >= 11 is 0. The molecule has 1 aliphatic carbocycles. The first-order valence-corrected chi connectivity index (χ1v) is 13.1. The summed E-state index contributed by atoms with van der Waals surface area (Å²) < 4.78 is 44.1. The average Bonchev–Trinajstić information content (AvgIpc) is 2.88. The highest BCUT2D eigenvalue weighted by Gasteiger charge is 2.18. The minimum Gasteiger partial charge on any atom is -0.206 e. The van der Waals surface area contributed by atoms with Gasteiger partial charge in [0.2, 0.25) is 0 Å². The van der Waals surface area contributed by atoms with Gasteiger partial charge in [-0.25, -0.2) is 13.2 Å². The van der Waals surface area contributed by atoms with E-state index in [9.17, 15) is 8.78 Å². The van der Waals surface area contributed by atoms with Crippen LogP contribution in [-0.4, -0.2) is 0 Å². The zero-order valence-electron chi connectivity index (χ0n) is 20.8. The first-order valence-electron chi connectivity index (χ1n) is 13.1. The van der Waals surface area contributed by atoms with Crippen LogP contribution in [0.15, 0.2) is 60.7 Å². The highest BCUT2D eigenvalue weighted by Crippen LogP contribution is 2.35. The molecule has 0 fully saturated rings. The molecule has 0 radical (unpaired) electrons. The summed E-state index contributed by atoms with van der Waals surface area (Å²) in [5.74, 6) is -1.06. The van der Waals surface area contributed by atoms with Crippen LogP contribution in [0.1, 0.15) is 76.3 Å². The van der Waals surface area contributed by atoms with Gasteiger partial charge in [-0.1, -0.05) is 101 Å². The lowest BCUT2D eigenvalue weighted by molar-refractivity contribution is 0.427. The van der Waals surface area contributed by atoms with Crippen LogP contribution in [0.4, 0.5) is 13.2 Å². The van der Waals surface area contributed by atoms with Crippen molar-refractivity contribution in [1.82, 2.24) is 0 Å². The summed E-state index contributed by atoms with van der Waals surface area (Å²) in [4.78, 5) is 0. The number of benzene rings is 3. The zero-order valence-corrected chi connectivity index (χ0v) is 20.8. The van der Waals surface area contributed by atoms with Crippen LogP contribution in [0, 0.1) is 23.4 Å². The van der Waals surface area contributed by atoms with Crippen molar-refractivity contribution in [3.05, 3.63) is 89.3 Å². The van der Waals surface area contributed by atoms with Gasteiger partial charge < -0.3 is 0 Å². The van der Waals surface area contributed by atoms with Crippen LogP contribution in [0.2, 0.25) is 0 Å². The monoisotopic (exact) mass is 476 g/mol. The molecular weight excluding hydrogens is 441 g/mol. The smallest absolute Gasteiger partial charge is 0.166 e. The Labute approximate surface area is 207 Å². The highest BCUT2D eigenvalue weighted by atomic mass is 19.2. The Bertz CT molecular complexity index is 1170. The fourth-order valence-corrected chi connectivity index (χ4v) is 5.15. The van der Waals surface area contributed by atoms with Crippen molar-refractivity contribution in [3.8, 4) is 22.3 Å². The molecule has 0 amide bonds. The van der Waals surface area contributed by atoms with Gasteiger partial charge in [0.05, 0.1) is 0 Å². The van der Waals surface area contributed by atoms with Crippen molar-refractivity contribution in [3.63, 3.8) is 0 Å². The van der Waals surface area contributed by atoms with E-state index in [2.05, 4.69) is 13.0 Å². The molecule has 3 aromatic rings. The Morgan fingerprint density at radius 3 is 2.11 bits per heavy atom. The Hall–Kier alpha value is -2.81. The van der Waals surface area contributed by atoms with E-state index in [1.165, 1.54) is 25.7 Å².